The van der Waals surface area contributed by atoms with E-state index < -0.39 is 0 Å². The predicted octanol–water partition coefficient (Wildman–Crippen LogP) is 4.34. The van der Waals surface area contributed by atoms with Gasteiger partial charge in [0.1, 0.15) is 0 Å². The zero-order valence-corrected chi connectivity index (χ0v) is 12.1. The van der Waals surface area contributed by atoms with Crippen LogP contribution < -0.4 is 0 Å². The highest BCUT2D eigenvalue weighted by Gasteiger charge is 2.30. The molecule has 0 radical (unpaired) electrons. The van der Waals surface area contributed by atoms with Gasteiger partial charge in [0.15, 0.2) is 0 Å². The van der Waals surface area contributed by atoms with Gasteiger partial charge in [-0.1, -0.05) is 56.5 Å². The van der Waals surface area contributed by atoms with Crippen molar-refractivity contribution in [3.8, 4) is 0 Å². The van der Waals surface area contributed by atoms with Crippen molar-refractivity contribution in [2.24, 2.45) is 5.92 Å². The highest BCUT2D eigenvalue weighted by Crippen LogP contribution is 2.39. The Hall–Kier alpha value is -1.64. The second-order valence-electron chi connectivity index (χ2n) is 5.67. The number of nitrogens with zero attached hydrogens (tertiary/aromatic N) is 2. The maximum Gasteiger partial charge on any atom is 0.224 e. The number of hydrogen-bond donors (Lipinski definition) is 0. The van der Waals surface area contributed by atoms with Gasteiger partial charge in [-0.15, -0.1) is 10.2 Å². The Morgan fingerprint density at radius 2 is 1.85 bits per heavy atom. The molecule has 0 N–H and O–H groups in total. The van der Waals surface area contributed by atoms with Crippen LogP contribution >= 0.6 is 0 Å². The second-order valence-corrected chi connectivity index (χ2v) is 5.67. The average molecular weight is 270 g/mol. The molecule has 0 amide bonds. The highest BCUT2D eigenvalue weighted by atomic mass is 16.4. The number of aromatic nitrogens is 2. The number of hydrogen-bond acceptors (Lipinski definition) is 3. The van der Waals surface area contributed by atoms with Crippen LogP contribution in [0.2, 0.25) is 0 Å². The number of benzene rings is 1. The molecule has 3 heteroatoms. The summed E-state index contributed by atoms with van der Waals surface area (Å²) >= 11 is 0. The van der Waals surface area contributed by atoms with Crippen LogP contribution in [0, 0.1) is 5.92 Å². The Bertz CT molecular complexity index is 529. The number of aryl methyl sites for hydroxylation is 1. The third-order valence-corrected chi connectivity index (χ3v) is 4.33. The SMILES string of the molecule is CCc1nnc(C(c2ccccc2)C2CCCCC2)o1. The van der Waals surface area contributed by atoms with Crippen molar-refractivity contribution in [3.63, 3.8) is 0 Å². The third-order valence-electron chi connectivity index (χ3n) is 4.33. The van der Waals surface area contributed by atoms with Gasteiger partial charge in [-0.25, -0.2) is 0 Å². The molecule has 20 heavy (non-hydrogen) atoms. The first-order chi connectivity index (χ1) is 9.88. The molecule has 0 bridgehead atoms. The van der Waals surface area contributed by atoms with E-state index in [0.717, 1.165) is 18.2 Å². The fourth-order valence-electron chi connectivity index (χ4n) is 3.28. The fourth-order valence-corrected chi connectivity index (χ4v) is 3.28. The van der Waals surface area contributed by atoms with E-state index in [9.17, 15) is 0 Å². The van der Waals surface area contributed by atoms with E-state index in [2.05, 4.69) is 47.5 Å². The van der Waals surface area contributed by atoms with Gasteiger partial charge in [-0.2, -0.15) is 0 Å². The van der Waals surface area contributed by atoms with Crippen molar-refractivity contribution in [3.05, 3.63) is 47.7 Å². The molecular formula is C17H22N2O. The van der Waals surface area contributed by atoms with Crippen molar-refractivity contribution in [1.82, 2.24) is 10.2 Å². The van der Waals surface area contributed by atoms with Gasteiger partial charge >= 0.3 is 0 Å². The minimum absolute atomic E-state index is 0.268. The standard InChI is InChI=1S/C17H22N2O/c1-2-15-18-19-17(20-15)16(13-9-5-3-6-10-13)14-11-7-4-8-12-14/h3,5-6,9-10,14,16H,2,4,7-8,11-12H2,1H3. The molecule has 1 aliphatic rings. The van der Waals surface area contributed by atoms with E-state index in [1.54, 1.807) is 0 Å². The van der Waals surface area contributed by atoms with Crippen LogP contribution in [0.5, 0.6) is 0 Å². The summed E-state index contributed by atoms with van der Waals surface area (Å²) in [5.41, 5.74) is 1.31. The van der Waals surface area contributed by atoms with Crippen LogP contribution in [0.15, 0.2) is 34.7 Å². The molecule has 1 aromatic heterocycles. The molecule has 3 rings (SSSR count). The van der Waals surface area contributed by atoms with Gasteiger partial charge in [0.05, 0.1) is 5.92 Å². The van der Waals surface area contributed by atoms with Crippen LogP contribution in [0.4, 0.5) is 0 Å². The second kappa shape index (κ2) is 6.21. The van der Waals surface area contributed by atoms with E-state index in [1.165, 1.54) is 37.7 Å². The van der Waals surface area contributed by atoms with Crippen LogP contribution in [-0.4, -0.2) is 10.2 Å². The zero-order valence-electron chi connectivity index (χ0n) is 12.1. The summed E-state index contributed by atoms with van der Waals surface area (Å²) in [6, 6.07) is 10.6. The summed E-state index contributed by atoms with van der Waals surface area (Å²) in [6.45, 7) is 2.05. The highest BCUT2D eigenvalue weighted by molar-refractivity contribution is 5.25. The molecule has 2 aromatic rings. The van der Waals surface area contributed by atoms with Gasteiger partial charge in [-0.3, -0.25) is 0 Å². The van der Waals surface area contributed by atoms with Crippen LogP contribution in [0.3, 0.4) is 0 Å². The molecule has 0 aliphatic heterocycles. The monoisotopic (exact) mass is 270 g/mol. The van der Waals surface area contributed by atoms with Gasteiger partial charge < -0.3 is 4.42 Å². The molecule has 106 valence electrons. The van der Waals surface area contributed by atoms with Crippen molar-refractivity contribution in [2.45, 2.75) is 51.4 Å². The van der Waals surface area contributed by atoms with E-state index in [0.29, 0.717) is 5.92 Å². The molecule has 1 fully saturated rings. The van der Waals surface area contributed by atoms with Crippen molar-refractivity contribution in [2.75, 3.05) is 0 Å². The summed E-state index contributed by atoms with van der Waals surface area (Å²) in [6.07, 6.45) is 7.35. The molecule has 1 saturated carbocycles. The topological polar surface area (TPSA) is 38.9 Å². The Labute approximate surface area is 120 Å². The lowest BCUT2D eigenvalue weighted by molar-refractivity contribution is 0.292. The van der Waals surface area contributed by atoms with E-state index >= 15 is 0 Å². The minimum Gasteiger partial charge on any atom is -0.425 e. The number of rotatable bonds is 4. The van der Waals surface area contributed by atoms with Gasteiger partial charge in [0.2, 0.25) is 11.8 Å². The summed E-state index contributed by atoms with van der Waals surface area (Å²) < 4.78 is 5.88. The smallest absolute Gasteiger partial charge is 0.224 e. The van der Waals surface area contributed by atoms with Crippen LogP contribution in [-0.2, 0) is 6.42 Å². The van der Waals surface area contributed by atoms with Gasteiger partial charge in [0.25, 0.3) is 0 Å². The molecule has 1 aromatic carbocycles. The summed E-state index contributed by atoms with van der Waals surface area (Å²) in [5, 5.41) is 8.48. The normalized spacial score (nSPS) is 18.1. The van der Waals surface area contributed by atoms with Crippen molar-refractivity contribution >= 4 is 0 Å². The maximum atomic E-state index is 5.88. The Morgan fingerprint density at radius 1 is 1.10 bits per heavy atom. The first kappa shape index (κ1) is 13.3. The largest absolute Gasteiger partial charge is 0.425 e. The molecule has 1 heterocycles. The molecule has 1 atom stereocenters. The Kier molecular flexibility index (Phi) is 4.14. The Balaban J connectivity index is 1.94. The first-order valence-electron chi connectivity index (χ1n) is 7.75. The van der Waals surface area contributed by atoms with E-state index in [-0.39, 0.29) is 5.92 Å². The van der Waals surface area contributed by atoms with Crippen molar-refractivity contribution in [1.29, 1.82) is 0 Å². The third kappa shape index (κ3) is 2.77. The van der Waals surface area contributed by atoms with Gasteiger partial charge in [0, 0.05) is 6.42 Å². The van der Waals surface area contributed by atoms with Crippen molar-refractivity contribution < 1.29 is 4.42 Å². The van der Waals surface area contributed by atoms with Gasteiger partial charge in [-0.05, 0) is 24.3 Å². The Morgan fingerprint density at radius 3 is 2.50 bits per heavy atom. The lowest BCUT2D eigenvalue weighted by Gasteiger charge is -2.28. The summed E-state index contributed by atoms with van der Waals surface area (Å²) in [4.78, 5) is 0. The summed E-state index contributed by atoms with van der Waals surface area (Å²) in [7, 11) is 0. The first-order valence-corrected chi connectivity index (χ1v) is 7.75. The average Bonchev–Trinajstić information content (AvgIpc) is 2.98. The quantitative estimate of drug-likeness (QED) is 0.829. The molecule has 1 unspecified atom stereocenters. The van der Waals surface area contributed by atoms with Crippen LogP contribution in [0.1, 0.15) is 62.3 Å². The molecule has 0 spiro atoms. The molecule has 1 aliphatic carbocycles. The molecule has 0 saturated heterocycles. The molecule has 3 nitrogen and oxygen atoms in total. The predicted molar refractivity (Wildman–Crippen MR) is 78.5 cm³/mol. The fraction of sp³-hybridized carbons (Fsp3) is 0.529. The maximum absolute atomic E-state index is 5.88. The minimum atomic E-state index is 0.268. The van der Waals surface area contributed by atoms with E-state index in [4.69, 9.17) is 4.42 Å². The van der Waals surface area contributed by atoms with Crippen LogP contribution in [0.25, 0.3) is 0 Å². The lowest BCUT2D eigenvalue weighted by atomic mass is 9.77. The summed E-state index contributed by atoms with van der Waals surface area (Å²) in [5.74, 6) is 2.46. The van der Waals surface area contributed by atoms with E-state index in [1.807, 2.05) is 0 Å². The lowest BCUT2D eigenvalue weighted by Crippen LogP contribution is -2.18. The molecular weight excluding hydrogens is 248 g/mol. The zero-order chi connectivity index (χ0) is 13.8.